The Morgan fingerprint density at radius 2 is 1.26 bits per heavy atom. The van der Waals surface area contributed by atoms with Gasteiger partial charge in [0.25, 0.3) is 0 Å². The van der Waals surface area contributed by atoms with E-state index in [2.05, 4.69) is 31.2 Å². The molecule has 2 aromatic rings. The highest BCUT2D eigenvalue weighted by Crippen LogP contribution is 2.17. The highest BCUT2D eigenvalue weighted by molar-refractivity contribution is 5.93. The minimum atomic E-state index is -1.13. The number of nitrogens with two attached hydrogens (primary N) is 1. The van der Waals surface area contributed by atoms with E-state index in [0.29, 0.717) is 19.1 Å². The number of carboxylic acid groups (broad SMARTS) is 2. The van der Waals surface area contributed by atoms with Gasteiger partial charge in [0.15, 0.2) is 0 Å². The number of hydrogen-bond acceptors (Lipinski definition) is 4. The van der Waals surface area contributed by atoms with Crippen LogP contribution in [0, 0.1) is 0 Å². The summed E-state index contributed by atoms with van der Waals surface area (Å²) in [7, 11) is 0. The Morgan fingerprint density at radius 1 is 0.737 bits per heavy atom. The van der Waals surface area contributed by atoms with E-state index in [0.717, 1.165) is 31.7 Å². The third kappa shape index (κ3) is 16.5. The molecule has 210 valence electrons. The van der Waals surface area contributed by atoms with Gasteiger partial charge in [0.05, 0.1) is 23.8 Å². The predicted molar refractivity (Wildman–Crippen MR) is 150 cm³/mol. The zero-order valence-electron chi connectivity index (χ0n) is 22.8. The van der Waals surface area contributed by atoms with E-state index in [1.165, 1.54) is 75.1 Å². The third-order valence-corrected chi connectivity index (χ3v) is 6.26. The summed E-state index contributed by atoms with van der Waals surface area (Å²) in [5.41, 5.74) is 6.42. The number of ether oxygens (including phenoxy) is 1. The SMILES string of the molecule is CCCCCCCCCCC(CCCCC(N)=O)OCc1ccccc1.O=C(O)c1cccc(C(=O)O)c1. The fourth-order valence-electron chi connectivity index (χ4n) is 4.06. The predicted octanol–water partition coefficient (Wildman–Crippen LogP) is 7.23. The van der Waals surface area contributed by atoms with Gasteiger partial charge in [-0.3, -0.25) is 4.79 Å². The average Bonchev–Trinajstić information content (AvgIpc) is 2.91. The summed E-state index contributed by atoms with van der Waals surface area (Å²) in [6.45, 7) is 2.94. The smallest absolute Gasteiger partial charge is 0.335 e. The normalized spacial score (nSPS) is 11.3. The maximum absolute atomic E-state index is 10.9. The minimum Gasteiger partial charge on any atom is -0.478 e. The molecule has 0 aromatic heterocycles. The second-order valence-corrected chi connectivity index (χ2v) is 9.59. The number of benzene rings is 2. The van der Waals surface area contributed by atoms with Gasteiger partial charge in [-0.2, -0.15) is 0 Å². The number of unbranched alkanes of at least 4 members (excludes halogenated alkanes) is 8. The van der Waals surface area contributed by atoms with E-state index < -0.39 is 11.9 Å². The molecule has 0 heterocycles. The average molecular weight is 528 g/mol. The van der Waals surface area contributed by atoms with Crippen molar-refractivity contribution in [2.24, 2.45) is 5.73 Å². The molecule has 4 N–H and O–H groups in total. The number of primary amides is 1. The first-order valence-corrected chi connectivity index (χ1v) is 13.8. The van der Waals surface area contributed by atoms with Gasteiger partial charge in [-0.25, -0.2) is 9.59 Å². The molecule has 0 saturated carbocycles. The van der Waals surface area contributed by atoms with Crippen molar-refractivity contribution >= 4 is 17.8 Å². The number of aromatic carboxylic acids is 2. The van der Waals surface area contributed by atoms with Crippen molar-refractivity contribution in [1.29, 1.82) is 0 Å². The van der Waals surface area contributed by atoms with Crippen molar-refractivity contribution in [3.63, 3.8) is 0 Å². The molecule has 0 spiro atoms. The van der Waals surface area contributed by atoms with Gasteiger partial charge < -0.3 is 20.7 Å². The van der Waals surface area contributed by atoms with Crippen LogP contribution < -0.4 is 5.73 Å². The zero-order valence-corrected chi connectivity index (χ0v) is 22.8. The standard InChI is InChI=1S/C23H39NO2.C8H6O4/c1-2-3-4-5-6-7-8-12-17-22(18-13-14-19-23(24)25)26-20-21-15-10-9-11-16-21;9-7(10)5-2-1-3-6(4-5)8(11)12/h9-11,15-16,22H,2-8,12-14,17-20H2,1H3,(H2,24,25);1-4H,(H,9,10)(H,11,12). The molecule has 0 aliphatic rings. The van der Waals surface area contributed by atoms with Crippen LogP contribution in [0.15, 0.2) is 54.6 Å². The van der Waals surface area contributed by atoms with Crippen LogP contribution in [0.1, 0.15) is 117 Å². The first-order chi connectivity index (χ1) is 18.3. The van der Waals surface area contributed by atoms with E-state index in [4.69, 9.17) is 20.7 Å². The third-order valence-electron chi connectivity index (χ3n) is 6.26. The van der Waals surface area contributed by atoms with Crippen molar-refractivity contribution < 1.29 is 29.3 Å². The van der Waals surface area contributed by atoms with Gasteiger partial charge in [-0.05, 0) is 43.0 Å². The van der Waals surface area contributed by atoms with Crippen molar-refractivity contribution in [2.45, 2.75) is 103 Å². The maximum atomic E-state index is 10.9. The monoisotopic (exact) mass is 527 g/mol. The molecule has 7 nitrogen and oxygen atoms in total. The van der Waals surface area contributed by atoms with E-state index in [9.17, 15) is 14.4 Å². The summed E-state index contributed by atoms with van der Waals surface area (Å²) in [5, 5.41) is 17.0. The minimum absolute atomic E-state index is 0.0186. The molecule has 1 unspecified atom stereocenters. The van der Waals surface area contributed by atoms with Crippen LogP contribution in [0.2, 0.25) is 0 Å². The molecule has 0 aliphatic carbocycles. The van der Waals surface area contributed by atoms with Crippen molar-refractivity contribution in [3.8, 4) is 0 Å². The zero-order chi connectivity index (χ0) is 28.0. The second kappa shape index (κ2) is 20.8. The summed E-state index contributed by atoms with van der Waals surface area (Å²) in [6.07, 6.45) is 15.5. The van der Waals surface area contributed by atoms with Crippen molar-refractivity contribution in [3.05, 3.63) is 71.3 Å². The lowest BCUT2D eigenvalue weighted by Gasteiger charge is -2.18. The lowest BCUT2D eigenvalue weighted by Crippen LogP contribution is -2.14. The Kier molecular flexibility index (Phi) is 18.0. The van der Waals surface area contributed by atoms with E-state index in [-0.39, 0.29) is 17.0 Å². The fraction of sp³-hybridized carbons (Fsp3) is 0.516. The topological polar surface area (TPSA) is 127 Å². The Morgan fingerprint density at radius 3 is 1.79 bits per heavy atom. The van der Waals surface area contributed by atoms with Crippen LogP contribution in [-0.4, -0.2) is 34.2 Å². The lowest BCUT2D eigenvalue weighted by molar-refractivity contribution is -0.118. The second-order valence-electron chi connectivity index (χ2n) is 9.59. The van der Waals surface area contributed by atoms with Gasteiger partial charge >= 0.3 is 11.9 Å². The van der Waals surface area contributed by atoms with Gasteiger partial charge in [0.1, 0.15) is 0 Å². The molecule has 7 heteroatoms. The Hall–Kier alpha value is -3.19. The number of carbonyl (C=O) groups is 3. The number of hydrogen-bond donors (Lipinski definition) is 3. The summed E-state index contributed by atoms with van der Waals surface area (Å²) in [4.78, 5) is 31.6. The summed E-state index contributed by atoms with van der Waals surface area (Å²) >= 11 is 0. The molecule has 0 bridgehead atoms. The molecule has 0 fully saturated rings. The molecule has 38 heavy (non-hydrogen) atoms. The van der Waals surface area contributed by atoms with E-state index in [1.807, 2.05) is 6.07 Å². The van der Waals surface area contributed by atoms with Gasteiger partial charge in [-0.1, -0.05) is 101 Å². The van der Waals surface area contributed by atoms with Crippen LogP contribution in [0.25, 0.3) is 0 Å². The molecule has 0 saturated heterocycles. The highest BCUT2D eigenvalue weighted by Gasteiger charge is 2.10. The number of amides is 1. The maximum Gasteiger partial charge on any atom is 0.335 e. The Labute approximate surface area is 227 Å². The molecule has 0 radical (unpaired) electrons. The summed E-state index contributed by atoms with van der Waals surface area (Å²) < 4.78 is 6.18. The van der Waals surface area contributed by atoms with Crippen molar-refractivity contribution in [1.82, 2.24) is 0 Å². The molecular formula is C31H45NO6. The van der Waals surface area contributed by atoms with Gasteiger partial charge in [-0.15, -0.1) is 0 Å². The molecule has 1 amide bonds. The Balaban J connectivity index is 0.000000499. The first-order valence-electron chi connectivity index (χ1n) is 13.8. The molecular weight excluding hydrogens is 482 g/mol. The molecule has 2 aromatic carbocycles. The van der Waals surface area contributed by atoms with Gasteiger partial charge in [0, 0.05) is 6.42 Å². The lowest BCUT2D eigenvalue weighted by atomic mass is 10.0. The fourth-order valence-corrected chi connectivity index (χ4v) is 4.06. The van der Waals surface area contributed by atoms with Crippen LogP contribution in [0.4, 0.5) is 0 Å². The largest absolute Gasteiger partial charge is 0.478 e. The van der Waals surface area contributed by atoms with E-state index >= 15 is 0 Å². The quantitative estimate of drug-likeness (QED) is 0.165. The number of rotatable bonds is 19. The van der Waals surface area contributed by atoms with Crippen LogP contribution in [0.3, 0.4) is 0 Å². The molecule has 2 rings (SSSR count). The number of carboxylic acids is 2. The summed E-state index contributed by atoms with van der Waals surface area (Å²) in [5.74, 6) is -2.45. The van der Waals surface area contributed by atoms with Crippen molar-refractivity contribution in [2.75, 3.05) is 0 Å². The van der Waals surface area contributed by atoms with Gasteiger partial charge in [0.2, 0.25) is 5.91 Å². The summed E-state index contributed by atoms with van der Waals surface area (Å²) in [6, 6.07) is 15.6. The number of carbonyl (C=O) groups excluding carboxylic acids is 1. The molecule has 1 atom stereocenters. The first kappa shape index (κ1) is 32.8. The van der Waals surface area contributed by atoms with Crippen LogP contribution in [-0.2, 0) is 16.1 Å². The van der Waals surface area contributed by atoms with Crippen LogP contribution >= 0.6 is 0 Å². The van der Waals surface area contributed by atoms with E-state index in [1.54, 1.807) is 0 Å². The Bertz CT molecular complexity index is 902. The van der Waals surface area contributed by atoms with Crippen LogP contribution in [0.5, 0.6) is 0 Å². The highest BCUT2D eigenvalue weighted by atomic mass is 16.5. The molecule has 0 aliphatic heterocycles.